The van der Waals surface area contributed by atoms with E-state index in [-0.39, 0.29) is 0 Å². The van der Waals surface area contributed by atoms with Crippen LogP contribution < -0.4 is 5.32 Å². The van der Waals surface area contributed by atoms with Gasteiger partial charge in [-0.3, -0.25) is 0 Å². The van der Waals surface area contributed by atoms with E-state index < -0.39 is 0 Å². The number of nitrogens with one attached hydrogen (secondary N) is 1. The Hall–Kier alpha value is -0.860. The fraction of sp³-hybridized carbons (Fsp3) is 0.625. The highest BCUT2D eigenvalue weighted by Crippen LogP contribution is 2.02. The molecule has 1 atom stereocenters. The van der Waals surface area contributed by atoms with Gasteiger partial charge in [0.25, 0.3) is 0 Å². The van der Waals surface area contributed by atoms with E-state index in [0.717, 1.165) is 13.0 Å². The molecule has 0 saturated carbocycles. The average molecular weight is 248 g/mol. The molecular weight excluding hydrogens is 220 g/mol. The minimum absolute atomic E-state index is 0.553. The summed E-state index contributed by atoms with van der Waals surface area (Å²) < 4.78 is 0. The highest BCUT2D eigenvalue weighted by Gasteiger charge is 2.04. The lowest BCUT2D eigenvalue weighted by atomic mass is 10.1. The van der Waals surface area contributed by atoms with Crippen molar-refractivity contribution in [1.29, 1.82) is 0 Å². The van der Waals surface area contributed by atoms with Crippen LogP contribution in [-0.2, 0) is 6.42 Å². The van der Waals surface area contributed by atoms with Crippen molar-refractivity contribution < 1.29 is 0 Å². The van der Waals surface area contributed by atoms with Crippen molar-refractivity contribution in [2.75, 3.05) is 20.1 Å². The Balaban J connectivity index is 2.12. The summed E-state index contributed by atoms with van der Waals surface area (Å²) in [5, 5.41) is 3.60. The van der Waals surface area contributed by atoms with Crippen molar-refractivity contribution >= 4 is 0 Å². The molecule has 18 heavy (non-hydrogen) atoms. The third-order valence-electron chi connectivity index (χ3n) is 3.45. The van der Waals surface area contributed by atoms with Crippen LogP contribution in [0.3, 0.4) is 0 Å². The van der Waals surface area contributed by atoms with E-state index in [1.807, 2.05) is 0 Å². The lowest BCUT2D eigenvalue weighted by Gasteiger charge is -2.21. The first-order valence-corrected chi connectivity index (χ1v) is 7.07. The summed E-state index contributed by atoms with van der Waals surface area (Å²) in [4.78, 5) is 2.39. The second kappa shape index (κ2) is 8.28. The standard InChI is InChI=1S/C16H28N2/c1-14(2)18(4)12-8-11-17-15(3)13-16-9-6-5-7-10-16/h5-7,9-10,14-15,17H,8,11-13H2,1-4H3. The van der Waals surface area contributed by atoms with Gasteiger partial charge >= 0.3 is 0 Å². The molecule has 0 aliphatic carbocycles. The van der Waals surface area contributed by atoms with Crippen molar-refractivity contribution in [2.45, 2.75) is 45.7 Å². The van der Waals surface area contributed by atoms with Gasteiger partial charge in [-0.25, -0.2) is 0 Å². The molecule has 102 valence electrons. The fourth-order valence-electron chi connectivity index (χ4n) is 1.97. The van der Waals surface area contributed by atoms with Crippen LogP contribution in [0.2, 0.25) is 0 Å². The minimum Gasteiger partial charge on any atom is -0.314 e. The average Bonchev–Trinajstić information content (AvgIpc) is 2.35. The zero-order chi connectivity index (χ0) is 13.4. The molecule has 1 aromatic carbocycles. The number of hydrogen-bond acceptors (Lipinski definition) is 2. The Labute approximate surface area is 112 Å². The molecule has 0 heterocycles. The zero-order valence-corrected chi connectivity index (χ0v) is 12.3. The van der Waals surface area contributed by atoms with Gasteiger partial charge in [0.2, 0.25) is 0 Å². The van der Waals surface area contributed by atoms with Gasteiger partial charge in [-0.2, -0.15) is 0 Å². The van der Waals surface area contributed by atoms with Crippen LogP contribution in [0.5, 0.6) is 0 Å². The van der Waals surface area contributed by atoms with Crippen LogP contribution in [-0.4, -0.2) is 37.1 Å². The Bertz CT molecular complexity index is 308. The molecule has 2 heteroatoms. The zero-order valence-electron chi connectivity index (χ0n) is 12.3. The first kappa shape index (κ1) is 15.2. The lowest BCUT2D eigenvalue weighted by molar-refractivity contribution is 0.268. The number of rotatable bonds is 8. The second-order valence-corrected chi connectivity index (χ2v) is 5.47. The molecule has 0 fully saturated rings. The van der Waals surface area contributed by atoms with E-state index in [9.17, 15) is 0 Å². The van der Waals surface area contributed by atoms with Gasteiger partial charge in [0.15, 0.2) is 0 Å². The summed E-state index contributed by atoms with van der Waals surface area (Å²) in [5.41, 5.74) is 1.41. The molecule has 0 aliphatic heterocycles. The molecule has 1 N–H and O–H groups in total. The van der Waals surface area contributed by atoms with E-state index >= 15 is 0 Å². The molecule has 0 spiro atoms. The molecule has 0 radical (unpaired) electrons. The van der Waals surface area contributed by atoms with Gasteiger partial charge in [0, 0.05) is 12.1 Å². The summed E-state index contributed by atoms with van der Waals surface area (Å²) in [6.45, 7) is 9.02. The maximum Gasteiger partial charge on any atom is 0.00791 e. The van der Waals surface area contributed by atoms with Gasteiger partial charge in [-0.05, 0) is 59.3 Å². The van der Waals surface area contributed by atoms with E-state index in [4.69, 9.17) is 0 Å². The van der Waals surface area contributed by atoms with Gasteiger partial charge in [0.05, 0.1) is 0 Å². The maximum atomic E-state index is 3.60. The van der Waals surface area contributed by atoms with Gasteiger partial charge in [0.1, 0.15) is 0 Å². The number of nitrogens with zero attached hydrogens (tertiary/aromatic N) is 1. The predicted molar refractivity (Wildman–Crippen MR) is 80.0 cm³/mol. The van der Waals surface area contributed by atoms with Crippen LogP contribution in [0.4, 0.5) is 0 Å². The van der Waals surface area contributed by atoms with Crippen molar-refractivity contribution in [1.82, 2.24) is 10.2 Å². The van der Waals surface area contributed by atoms with E-state index in [0.29, 0.717) is 12.1 Å². The Morgan fingerprint density at radius 3 is 2.39 bits per heavy atom. The van der Waals surface area contributed by atoms with Crippen molar-refractivity contribution in [2.24, 2.45) is 0 Å². The minimum atomic E-state index is 0.553. The SMILES string of the molecule is CC(Cc1ccccc1)NCCCN(C)C(C)C. The monoisotopic (exact) mass is 248 g/mol. The van der Waals surface area contributed by atoms with Crippen LogP contribution in [0.25, 0.3) is 0 Å². The first-order valence-electron chi connectivity index (χ1n) is 7.07. The molecule has 1 rings (SSSR count). The van der Waals surface area contributed by atoms with Crippen LogP contribution in [0, 0.1) is 0 Å². The van der Waals surface area contributed by atoms with E-state index in [2.05, 4.69) is 68.4 Å². The molecule has 0 saturated heterocycles. The van der Waals surface area contributed by atoms with Crippen LogP contribution in [0.1, 0.15) is 32.8 Å². The van der Waals surface area contributed by atoms with Gasteiger partial charge < -0.3 is 10.2 Å². The fourth-order valence-corrected chi connectivity index (χ4v) is 1.97. The molecule has 2 nitrogen and oxygen atoms in total. The quantitative estimate of drug-likeness (QED) is 0.712. The molecule has 0 aromatic heterocycles. The maximum absolute atomic E-state index is 3.60. The number of benzene rings is 1. The third-order valence-corrected chi connectivity index (χ3v) is 3.45. The molecule has 1 unspecified atom stereocenters. The first-order chi connectivity index (χ1) is 8.59. The van der Waals surface area contributed by atoms with E-state index in [1.54, 1.807) is 0 Å². The smallest absolute Gasteiger partial charge is 0.00791 e. The molecular formula is C16H28N2. The predicted octanol–water partition coefficient (Wildman–Crippen LogP) is 2.94. The summed E-state index contributed by atoms with van der Waals surface area (Å²) in [6, 6.07) is 11.9. The molecule has 0 amide bonds. The Kier molecular flexibility index (Phi) is 6.99. The molecule has 0 aliphatic rings. The van der Waals surface area contributed by atoms with Crippen molar-refractivity contribution in [3.63, 3.8) is 0 Å². The lowest BCUT2D eigenvalue weighted by Crippen LogP contribution is -2.33. The topological polar surface area (TPSA) is 15.3 Å². The Morgan fingerprint density at radius 1 is 1.11 bits per heavy atom. The summed E-state index contributed by atoms with van der Waals surface area (Å²) in [7, 11) is 2.19. The van der Waals surface area contributed by atoms with Crippen LogP contribution >= 0.6 is 0 Å². The highest BCUT2D eigenvalue weighted by molar-refractivity contribution is 5.15. The van der Waals surface area contributed by atoms with Crippen molar-refractivity contribution in [3.05, 3.63) is 35.9 Å². The van der Waals surface area contributed by atoms with E-state index in [1.165, 1.54) is 18.5 Å². The van der Waals surface area contributed by atoms with Crippen molar-refractivity contribution in [3.8, 4) is 0 Å². The summed E-state index contributed by atoms with van der Waals surface area (Å²) >= 11 is 0. The third kappa shape index (κ3) is 6.18. The molecule has 0 bridgehead atoms. The normalized spacial score (nSPS) is 13.2. The van der Waals surface area contributed by atoms with Gasteiger partial charge in [-0.15, -0.1) is 0 Å². The number of hydrogen-bond donors (Lipinski definition) is 1. The van der Waals surface area contributed by atoms with Gasteiger partial charge in [-0.1, -0.05) is 30.3 Å². The highest BCUT2D eigenvalue weighted by atomic mass is 15.1. The second-order valence-electron chi connectivity index (χ2n) is 5.47. The summed E-state index contributed by atoms with van der Waals surface area (Å²) in [5.74, 6) is 0. The summed E-state index contributed by atoms with van der Waals surface area (Å²) in [6.07, 6.45) is 2.33. The van der Waals surface area contributed by atoms with Crippen LogP contribution in [0.15, 0.2) is 30.3 Å². The largest absolute Gasteiger partial charge is 0.314 e. The Morgan fingerprint density at radius 2 is 1.78 bits per heavy atom. The molecule has 1 aromatic rings.